The van der Waals surface area contributed by atoms with E-state index < -0.39 is 0 Å². The van der Waals surface area contributed by atoms with Crippen molar-refractivity contribution < 1.29 is 0 Å². The molecule has 0 atom stereocenters. The molecule has 4 heteroatoms. The van der Waals surface area contributed by atoms with Crippen LogP contribution in [0.1, 0.15) is 11.1 Å². The second-order valence-electron chi connectivity index (χ2n) is 3.55. The molecule has 0 saturated heterocycles. The number of nitrogens with zero attached hydrogens (tertiary/aromatic N) is 1. The van der Waals surface area contributed by atoms with Gasteiger partial charge in [0, 0.05) is 16.2 Å². The molecule has 2 N–H and O–H groups in total. The summed E-state index contributed by atoms with van der Waals surface area (Å²) in [6, 6.07) is 9.22. The zero-order chi connectivity index (χ0) is 11.5. The van der Waals surface area contributed by atoms with Gasteiger partial charge in [0.15, 0.2) is 0 Å². The Morgan fingerprint density at radius 3 is 2.25 bits per heavy atom. The minimum atomic E-state index is 0.521. The number of nitrogens with two attached hydrogens (primary N) is 1. The Morgan fingerprint density at radius 1 is 1.00 bits per heavy atom. The van der Waals surface area contributed by atoms with Gasteiger partial charge in [-0.05, 0) is 41.8 Å². The zero-order valence-electron chi connectivity index (χ0n) is 8.45. The normalized spacial score (nSPS) is 10.4. The lowest BCUT2D eigenvalue weighted by molar-refractivity contribution is 1.15. The molecule has 1 aromatic carbocycles. The van der Waals surface area contributed by atoms with Crippen molar-refractivity contribution in [3.63, 3.8) is 0 Å². The minimum absolute atomic E-state index is 0.521. The molecule has 2 aromatic rings. The SMILES string of the molecule is Nc1ccc(Cc2cc(Cl)cc(Cl)c2)cn1. The van der Waals surface area contributed by atoms with Crippen LogP contribution in [0.4, 0.5) is 5.82 Å². The van der Waals surface area contributed by atoms with E-state index >= 15 is 0 Å². The lowest BCUT2D eigenvalue weighted by atomic mass is 10.1. The molecule has 0 saturated carbocycles. The van der Waals surface area contributed by atoms with E-state index in [4.69, 9.17) is 28.9 Å². The summed E-state index contributed by atoms with van der Waals surface area (Å²) >= 11 is 11.8. The maximum atomic E-state index is 5.92. The summed E-state index contributed by atoms with van der Waals surface area (Å²) in [7, 11) is 0. The Bertz CT molecular complexity index is 475. The summed E-state index contributed by atoms with van der Waals surface area (Å²) in [6.07, 6.45) is 2.50. The molecule has 2 nitrogen and oxygen atoms in total. The Kier molecular flexibility index (Phi) is 3.32. The van der Waals surface area contributed by atoms with Crippen LogP contribution in [0.2, 0.25) is 10.0 Å². The number of hydrogen-bond acceptors (Lipinski definition) is 2. The van der Waals surface area contributed by atoms with Crippen molar-refractivity contribution >= 4 is 29.0 Å². The highest BCUT2D eigenvalue weighted by molar-refractivity contribution is 6.34. The molecule has 0 spiro atoms. The van der Waals surface area contributed by atoms with E-state index in [1.807, 2.05) is 18.2 Å². The molecule has 0 bridgehead atoms. The molecule has 0 aliphatic rings. The molecule has 2 rings (SSSR count). The van der Waals surface area contributed by atoms with Crippen molar-refractivity contribution in [2.24, 2.45) is 0 Å². The fourth-order valence-electron chi connectivity index (χ4n) is 1.49. The summed E-state index contributed by atoms with van der Waals surface area (Å²) in [5.74, 6) is 0.521. The van der Waals surface area contributed by atoms with Crippen molar-refractivity contribution in [2.45, 2.75) is 6.42 Å². The number of aromatic nitrogens is 1. The highest BCUT2D eigenvalue weighted by Crippen LogP contribution is 2.21. The van der Waals surface area contributed by atoms with Gasteiger partial charge in [0.1, 0.15) is 5.82 Å². The molecule has 0 aliphatic carbocycles. The van der Waals surface area contributed by atoms with E-state index in [0.29, 0.717) is 15.9 Å². The molecule has 0 radical (unpaired) electrons. The lowest BCUT2D eigenvalue weighted by Gasteiger charge is -2.03. The third kappa shape index (κ3) is 2.87. The second kappa shape index (κ2) is 4.73. The van der Waals surface area contributed by atoms with Crippen LogP contribution in [-0.4, -0.2) is 4.98 Å². The average molecular weight is 253 g/mol. The molecule has 1 aromatic heterocycles. The summed E-state index contributed by atoms with van der Waals surface area (Å²) in [4.78, 5) is 4.03. The number of pyridine rings is 1. The van der Waals surface area contributed by atoms with Gasteiger partial charge in [-0.15, -0.1) is 0 Å². The zero-order valence-corrected chi connectivity index (χ0v) is 9.96. The quantitative estimate of drug-likeness (QED) is 0.888. The van der Waals surface area contributed by atoms with Crippen LogP contribution >= 0.6 is 23.2 Å². The topological polar surface area (TPSA) is 38.9 Å². The van der Waals surface area contributed by atoms with Crippen molar-refractivity contribution in [3.8, 4) is 0 Å². The van der Waals surface area contributed by atoms with Gasteiger partial charge in [-0.2, -0.15) is 0 Å². The molecule has 0 fully saturated rings. The standard InChI is InChI=1S/C12H10Cl2N2/c13-10-4-9(5-11(14)6-10)3-8-1-2-12(15)16-7-8/h1-2,4-7H,3H2,(H2,15,16). The summed E-state index contributed by atoms with van der Waals surface area (Å²) in [6.45, 7) is 0. The van der Waals surface area contributed by atoms with Gasteiger partial charge in [-0.3, -0.25) is 0 Å². The van der Waals surface area contributed by atoms with Gasteiger partial charge in [0.05, 0.1) is 0 Å². The van der Waals surface area contributed by atoms with Crippen LogP contribution in [0, 0.1) is 0 Å². The number of benzene rings is 1. The first-order valence-corrected chi connectivity index (χ1v) is 5.54. The fraction of sp³-hybridized carbons (Fsp3) is 0.0833. The van der Waals surface area contributed by atoms with E-state index in [9.17, 15) is 0 Å². The summed E-state index contributed by atoms with van der Waals surface area (Å²) in [5, 5.41) is 1.29. The maximum absolute atomic E-state index is 5.92. The van der Waals surface area contributed by atoms with Crippen LogP contribution in [0.25, 0.3) is 0 Å². The van der Waals surface area contributed by atoms with Gasteiger partial charge >= 0.3 is 0 Å². The third-order valence-electron chi connectivity index (χ3n) is 2.18. The molecule has 1 heterocycles. The number of hydrogen-bond donors (Lipinski definition) is 1. The van der Waals surface area contributed by atoms with Gasteiger partial charge in [-0.1, -0.05) is 29.3 Å². The second-order valence-corrected chi connectivity index (χ2v) is 4.42. The van der Waals surface area contributed by atoms with Crippen LogP contribution in [0.5, 0.6) is 0 Å². The molecule has 16 heavy (non-hydrogen) atoms. The first-order valence-electron chi connectivity index (χ1n) is 4.79. The number of halogens is 2. The highest BCUT2D eigenvalue weighted by Gasteiger charge is 2.00. The number of nitrogen functional groups attached to an aromatic ring is 1. The van der Waals surface area contributed by atoms with Crippen LogP contribution in [-0.2, 0) is 6.42 Å². The fourth-order valence-corrected chi connectivity index (χ4v) is 2.06. The van der Waals surface area contributed by atoms with E-state index in [1.165, 1.54) is 0 Å². The van der Waals surface area contributed by atoms with Gasteiger partial charge in [0.25, 0.3) is 0 Å². The Morgan fingerprint density at radius 2 is 1.69 bits per heavy atom. The molecular formula is C12H10Cl2N2. The van der Waals surface area contributed by atoms with Gasteiger partial charge < -0.3 is 5.73 Å². The Balaban J connectivity index is 2.23. The van der Waals surface area contributed by atoms with Crippen molar-refractivity contribution in [1.82, 2.24) is 4.98 Å². The van der Waals surface area contributed by atoms with E-state index in [1.54, 1.807) is 18.3 Å². The number of rotatable bonds is 2. The van der Waals surface area contributed by atoms with Gasteiger partial charge in [0.2, 0.25) is 0 Å². The predicted molar refractivity (Wildman–Crippen MR) is 67.9 cm³/mol. The average Bonchev–Trinajstić information content (AvgIpc) is 2.20. The van der Waals surface area contributed by atoms with Crippen LogP contribution < -0.4 is 5.73 Å². The number of anilines is 1. The molecule has 0 unspecified atom stereocenters. The van der Waals surface area contributed by atoms with Crippen LogP contribution in [0.3, 0.4) is 0 Å². The van der Waals surface area contributed by atoms with Crippen molar-refractivity contribution in [1.29, 1.82) is 0 Å². The first-order chi connectivity index (χ1) is 7.63. The Labute approximate surface area is 104 Å². The van der Waals surface area contributed by atoms with Crippen molar-refractivity contribution in [2.75, 3.05) is 5.73 Å². The summed E-state index contributed by atoms with van der Waals surface area (Å²) < 4.78 is 0. The van der Waals surface area contributed by atoms with E-state index in [0.717, 1.165) is 17.5 Å². The smallest absolute Gasteiger partial charge is 0.123 e. The lowest BCUT2D eigenvalue weighted by Crippen LogP contribution is -1.93. The van der Waals surface area contributed by atoms with E-state index in [-0.39, 0.29) is 0 Å². The molecule has 82 valence electrons. The third-order valence-corrected chi connectivity index (χ3v) is 2.61. The predicted octanol–water partition coefficient (Wildman–Crippen LogP) is 3.56. The maximum Gasteiger partial charge on any atom is 0.123 e. The molecular weight excluding hydrogens is 243 g/mol. The monoisotopic (exact) mass is 252 g/mol. The van der Waals surface area contributed by atoms with Crippen LogP contribution in [0.15, 0.2) is 36.5 Å². The Hall–Kier alpha value is -1.25. The van der Waals surface area contributed by atoms with E-state index in [2.05, 4.69) is 4.98 Å². The molecule has 0 aliphatic heterocycles. The molecule has 0 amide bonds. The summed E-state index contributed by atoms with van der Waals surface area (Å²) in [5.41, 5.74) is 7.65. The van der Waals surface area contributed by atoms with Gasteiger partial charge in [-0.25, -0.2) is 4.98 Å². The highest BCUT2D eigenvalue weighted by atomic mass is 35.5. The minimum Gasteiger partial charge on any atom is -0.384 e. The van der Waals surface area contributed by atoms with Crippen molar-refractivity contribution in [3.05, 3.63) is 57.7 Å². The first kappa shape index (κ1) is 11.2. The largest absolute Gasteiger partial charge is 0.384 e.